The summed E-state index contributed by atoms with van der Waals surface area (Å²) in [7, 11) is 0. The summed E-state index contributed by atoms with van der Waals surface area (Å²) < 4.78 is 0. The van der Waals surface area contributed by atoms with Crippen molar-refractivity contribution in [3.63, 3.8) is 0 Å². The molecular formula is C10H10N4. The van der Waals surface area contributed by atoms with Gasteiger partial charge in [0.25, 0.3) is 0 Å². The Kier molecular flexibility index (Phi) is 1.81. The number of aromatic nitrogens is 1. The molecule has 0 unspecified atom stereocenters. The summed E-state index contributed by atoms with van der Waals surface area (Å²) in [6.45, 7) is 0. The van der Waals surface area contributed by atoms with Crippen LogP contribution in [0.15, 0.2) is 30.3 Å². The zero-order chi connectivity index (χ0) is 10.1. The van der Waals surface area contributed by atoms with Gasteiger partial charge in [-0.1, -0.05) is 24.3 Å². The second-order valence-corrected chi connectivity index (χ2v) is 3.03. The number of fused-ring (bicyclic) bond motifs is 1. The monoisotopic (exact) mass is 186 g/mol. The summed E-state index contributed by atoms with van der Waals surface area (Å²) in [6, 6.07) is 9.35. The molecule has 1 aromatic heterocycles. The van der Waals surface area contributed by atoms with Crippen LogP contribution in [0, 0.1) is 5.41 Å². The number of hydrogen-bond acceptors (Lipinski definition) is 3. The molecule has 0 aliphatic rings. The van der Waals surface area contributed by atoms with Crippen molar-refractivity contribution in [2.24, 2.45) is 5.73 Å². The predicted molar refractivity (Wildman–Crippen MR) is 57.2 cm³/mol. The average molecular weight is 186 g/mol. The van der Waals surface area contributed by atoms with Gasteiger partial charge in [-0.2, -0.15) is 0 Å². The van der Waals surface area contributed by atoms with Crippen LogP contribution in [0.1, 0.15) is 5.69 Å². The molecule has 1 heterocycles. The quantitative estimate of drug-likeness (QED) is 0.460. The van der Waals surface area contributed by atoms with Gasteiger partial charge in [-0.3, -0.25) is 5.41 Å². The standard InChI is InChI=1S/C10H10N4/c11-8-5-6-3-1-2-4-7(6)9(14-8)10(12)13/h1-5H,(H2,11,14)(H3,12,13). The molecule has 0 aliphatic heterocycles. The number of hydrogen-bond donors (Lipinski definition) is 3. The molecule has 0 amide bonds. The van der Waals surface area contributed by atoms with E-state index in [4.69, 9.17) is 16.9 Å². The van der Waals surface area contributed by atoms with E-state index in [2.05, 4.69) is 4.98 Å². The SMILES string of the molecule is N=C(N)c1nc(N)cc2ccccc12. The van der Waals surface area contributed by atoms with Gasteiger partial charge in [0.15, 0.2) is 0 Å². The van der Waals surface area contributed by atoms with Gasteiger partial charge in [-0.05, 0) is 11.5 Å². The van der Waals surface area contributed by atoms with Crippen molar-refractivity contribution >= 4 is 22.4 Å². The number of nitrogen functional groups attached to an aromatic ring is 2. The molecule has 5 N–H and O–H groups in total. The van der Waals surface area contributed by atoms with E-state index in [9.17, 15) is 0 Å². The lowest BCUT2D eigenvalue weighted by atomic mass is 10.1. The van der Waals surface area contributed by atoms with Crippen LogP contribution in [0.2, 0.25) is 0 Å². The van der Waals surface area contributed by atoms with Gasteiger partial charge in [-0.25, -0.2) is 4.98 Å². The first-order chi connectivity index (χ1) is 6.68. The summed E-state index contributed by atoms with van der Waals surface area (Å²) in [6.07, 6.45) is 0. The lowest BCUT2D eigenvalue weighted by Gasteiger charge is -2.04. The minimum absolute atomic E-state index is 0.0616. The molecule has 4 nitrogen and oxygen atoms in total. The molecule has 2 aromatic rings. The van der Waals surface area contributed by atoms with E-state index in [1.165, 1.54) is 0 Å². The van der Waals surface area contributed by atoms with Crippen LogP contribution in [-0.4, -0.2) is 10.8 Å². The van der Waals surface area contributed by atoms with Gasteiger partial charge in [0.2, 0.25) is 0 Å². The highest BCUT2D eigenvalue weighted by Crippen LogP contribution is 2.18. The molecule has 0 spiro atoms. The van der Waals surface area contributed by atoms with Crippen molar-refractivity contribution in [1.82, 2.24) is 4.98 Å². The van der Waals surface area contributed by atoms with Crippen molar-refractivity contribution < 1.29 is 0 Å². The van der Waals surface area contributed by atoms with E-state index in [1.807, 2.05) is 24.3 Å². The first-order valence-electron chi connectivity index (χ1n) is 4.18. The van der Waals surface area contributed by atoms with Crippen molar-refractivity contribution in [3.05, 3.63) is 36.0 Å². The van der Waals surface area contributed by atoms with Crippen molar-refractivity contribution in [3.8, 4) is 0 Å². The van der Waals surface area contributed by atoms with Crippen molar-refractivity contribution in [2.75, 3.05) is 5.73 Å². The predicted octanol–water partition coefficient (Wildman–Crippen LogP) is 1.10. The first kappa shape index (κ1) is 8.50. The van der Waals surface area contributed by atoms with E-state index in [1.54, 1.807) is 6.07 Å². The Labute approximate surface area is 81.1 Å². The Morgan fingerprint density at radius 2 is 2.00 bits per heavy atom. The van der Waals surface area contributed by atoms with E-state index < -0.39 is 0 Å². The third kappa shape index (κ3) is 1.26. The molecule has 14 heavy (non-hydrogen) atoms. The van der Waals surface area contributed by atoms with Crippen LogP contribution in [0.3, 0.4) is 0 Å². The van der Waals surface area contributed by atoms with Crippen LogP contribution >= 0.6 is 0 Å². The third-order valence-electron chi connectivity index (χ3n) is 2.02. The Morgan fingerprint density at radius 1 is 1.29 bits per heavy atom. The molecule has 0 bridgehead atoms. The maximum atomic E-state index is 7.37. The van der Waals surface area contributed by atoms with Crippen LogP contribution in [-0.2, 0) is 0 Å². The molecule has 1 aromatic carbocycles. The Bertz CT molecular complexity index is 504. The molecule has 0 radical (unpaired) electrons. The molecule has 0 saturated carbocycles. The van der Waals surface area contributed by atoms with E-state index >= 15 is 0 Å². The Balaban J connectivity index is 2.87. The first-order valence-corrected chi connectivity index (χ1v) is 4.18. The minimum Gasteiger partial charge on any atom is -0.384 e. The van der Waals surface area contributed by atoms with Gasteiger partial charge in [0.1, 0.15) is 17.3 Å². The van der Waals surface area contributed by atoms with Crippen LogP contribution < -0.4 is 11.5 Å². The van der Waals surface area contributed by atoms with Gasteiger partial charge in [0.05, 0.1) is 0 Å². The number of amidine groups is 1. The van der Waals surface area contributed by atoms with E-state index in [0.29, 0.717) is 11.5 Å². The molecular weight excluding hydrogens is 176 g/mol. The molecule has 2 rings (SSSR count). The number of pyridine rings is 1. The maximum Gasteiger partial charge on any atom is 0.142 e. The smallest absolute Gasteiger partial charge is 0.142 e. The Morgan fingerprint density at radius 3 is 2.71 bits per heavy atom. The number of anilines is 1. The van der Waals surface area contributed by atoms with Crippen molar-refractivity contribution in [1.29, 1.82) is 5.41 Å². The molecule has 0 atom stereocenters. The maximum absolute atomic E-state index is 7.37. The number of nitrogens with zero attached hydrogens (tertiary/aromatic N) is 1. The zero-order valence-electron chi connectivity index (χ0n) is 7.49. The zero-order valence-corrected chi connectivity index (χ0v) is 7.49. The van der Waals surface area contributed by atoms with Crippen LogP contribution in [0.4, 0.5) is 5.82 Å². The van der Waals surface area contributed by atoms with E-state index in [0.717, 1.165) is 10.8 Å². The summed E-state index contributed by atoms with van der Waals surface area (Å²) >= 11 is 0. The highest BCUT2D eigenvalue weighted by Gasteiger charge is 2.05. The molecule has 0 saturated heterocycles. The van der Waals surface area contributed by atoms with E-state index in [-0.39, 0.29) is 5.84 Å². The normalized spacial score (nSPS) is 10.3. The number of nitrogens with two attached hydrogens (primary N) is 2. The minimum atomic E-state index is -0.0616. The molecule has 0 fully saturated rings. The molecule has 4 heteroatoms. The second-order valence-electron chi connectivity index (χ2n) is 3.03. The number of rotatable bonds is 1. The van der Waals surface area contributed by atoms with Gasteiger partial charge in [-0.15, -0.1) is 0 Å². The lowest BCUT2D eigenvalue weighted by molar-refractivity contribution is 1.29. The third-order valence-corrected chi connectivity index (χ3v) is 2.02. The highest BCUT2D eigenvalue weighted by molar-refractivity contribution is 6.06. The Hall–Kier alpha value is -2.10. The summed E-state index contributed by atoms with van der Waals surface area (Å²) in [5.74, 6) is 0.322. The second kappa shape index (κ2) is 2.99. The van der Waals surface area contributed by atoms with Gasteiger partial charge >= 0.3 is 0 Å². The summed E-state index contributed by atoms with van der Waals surface area (Å²) in [5.41, 5.74) is 11.5. The summed E-state index contributed by atoms with van der Waals surface area (Å²) in [5, 5.41) is 9.18. The fourth-order valence-electron chi connectivity index (χ4n) is 1.42. The summed E-state index contributed by atoms with van der Waals surface area (Å²) in [4.78, 5) is 4.03. The lowest BCUT2D eigenvalue weighted by Crippen LogP contribution is -2.14. The fraction of sp³-hybridized carbons (Fsp3) is 0. The van der Waals surface area contributed by atoms with Crippen LogP contribution in [0.25, 0.3) is 10.8 Å². The highest BCUT2D eigenvalue weighted by atomic mass is 14.9. The van der Waals surface area contributed by atoms with Gasteiger partial charge in [0, 0.05) is 5.39 Å². The van der Waals surface area contributed by atoms with Crippen LogP contribution in [0.5, 0.6) is 0 Å². The largest absolute Gasteiger partial charge is 0.384 e. The fourth-order valence-corrected chi connectivity index (χ4v) is 1.42. The topological polar surface area (TPSA) is 88.8 Å². The number of benzene rings is 1. The average Bonchev–Trinajstić information content (AvgIpc) is 2.16. The molecule has 70 valence electrons. The van der Waals surface area contributed by atoms with Gasteiger partial charge < -0.3 is 11.5 Å². The molecule has 0 aliphatic carbocycles. The number of nitrogens with one attached hydrogen (secondary N) is 1. The van der Waals surface area contributed by atoms with Crippen molar-refractivity contribution in [2.45, 2.75) is 0 Å².